The Kier molecular flexibility index (Phi) is 9.87. The van der Waals surface area contributed by atoms with Crippen LogP contribution in [0.25, 0.3) is 0 Å². The standard InChI is InChI=1S/C36H43ClN2O6/c1-5-8-9-13-22-44-34(43)29-28-32(41)39(27(23-40)25-16-11-10-12-17-25)31(36(28)20-19-35(29,7-3)45-36)33(42)38(21-6-2)30-24(4)15-14-18-26(30)37/h5-6,10-12,14-18,27-29,31,40H,1-2,7-9,13,19-23H2,3-4H3/t27-,28+,29-,31?,35+,36?/m1/s1. The molecule has 240 valence electrons. The molecular weight excluding hydrogens is 592 g/mol. The highest BCUT2D eigenvalue weighted by Crippen LogP contribution is 2.65. The van der Waals surface area contributed by atoms with Crippen LogP contribution in [0.1, 0.15) is 62.6 Å². The number of anilines is 1. The maximum absolute atomic E-state index is 15.1. The molecule has 0 radical (unpaired) electrons. The van der Waals surface area contributed by atoms with E-state index in [4.69, 9.17) is 21.1 Å². The number of benzene rings is 2. The van der Waals surface area contributed by atoms with Crippen molar-refractivity contribution in [2.45, 2.75) is 75.7 Å². The molecule has 45 heavy (non-hydrogen) atoms. The van der Waals surface area contributed by atoms with Crippen molar-refractivity contribution in [2.24, 2.45) is 11.8 Å². The van der Waals surface area contributed by atoms with Crippen LogP contribution in [0.3, 0.4) is 0 Å². The molecule has 2 bridgehead atoms. The van der Waals surface area contributed by atoms with Crippen molar-refractivity contribution in [3.8, 4) is 0 Å². The molecule has 2 aromatic rings. The molecule has 1 N–H and O–H groups in total. The van der Waals surface area contributed by atoms with Gasteiger partial charge in [0.15, 0.2) is 0 Å². The van der Waals surface area contributed by atoms with E-state index in [0.29, 0.717) is 42.0 Å². The molecular formula is C36H43ClN2O6. The molecule has 9 heteroatoms. The highest BCUT2D eigenvalue weighted by molar-refractivity contribution is 6.34. The molecule has 3 fully saturated rings. The molecule has 1 spiro atoms. The van der Waals surface area contributed by atoms with Gasteiger partial charge < -0.3 is 24.4 Å². The van der Waals surface area contributed by atoms with Gasteiger partial charge >= 0.3 is 5.97 Å². The topological polar surface area (TPSA) is 96.4 Å². The van der Waals surface area contributed by atoms with Gasteiger partial charge in [0.25, 0.3) is 5.91 Å². The molecule has 2 amide bonds. The third kappa shape index (κ3) is 5.51. The van der Waals surface area contributed by atoms with Gasteiger partial charge in [-0.3, -0.25) is 14.4 Å². The number of fused-ring (bicyclic) bond motifs is 1. The van der Waals surface area contributed by atoms with Crippen LogP contribution in [0.15, 0.2) is 73.8 Å². The Morgan fingerprint density at radius 2 is 1.91 bits per heavy atom. The lowest BCUT2D eigenvalue weighted by molar-refractivity contribution is -0.162. The van der Waals surface area contributed by atoms with E-state index in [9.17, 15) is 14.7 Å². The molecule has 6 atom stereocenters. The van der Waals surface area contributed by atoms with Gasteiger partial charge in [-0.15, -0.1) is 13.2 Å². The van der Waals surface area contributed by atoms with E-state index in [-0.39, 0.29) is 13.2 Å². The fourth-order valence-corrected chi connectivity index (χ4v) is 8.17. The van der Waals surface area contributed by atoms with Crippen LogP contribution < -0.4 is 4.90 Å². The fourth-order valence-electron chi connectivity index (χ4n) is 7.85. The summed E-state index contributed by atoms with van der Waals surface area (Å²) in [5.74, 6) is -3.10. The molecule has 3 aliphatic rings. The summed E-state index contributed by atoms with van der Waals surface area (Å²) >= 11 is 6.69. The lowest BCUT2D eigenvalue weighted by atomic mass is 9.65. The molecule has 2 unspecified atom stereocenters. The van der Waals surface area contributed by atoms with Gasteiger partial charge in [-0.2, -0.15) is 0 Å². The zero-order valence-electron chi connectivity index (χ0n) is 26.1. The van der Waals surface area contributed by atoms with E-state index < -0.39 is 59.5 Å². The summed E-state index contributed by atoms with van der Waals surface area (Å²) in [6.45, 7) is 11.4. The first-order chi connectivity index (χ1) is 21.7. The second-order valence-electron chi connectivity index (χ2n) is 12.3. The van der Waals surface area contributed by atoms with Crippen LogP contribution in [0.4, 0.5) is 5.69 Å². The van der Waals surface area contributed by atoms with Crippen molar-refractivity contribution in [1.82, 2.24) is 4.90 Å². The van der Waals surface area contributed by atoms with Crippen molar-refractivity contribution < 1.29 is 29.0 Å². The quantitative estimate of drug-likeness (QED) is 0.157. The van der Waals surface area contributed by atoms with Crippen LogP contribution in [-0.4, -0.2) is 64.8 Å². The minimum atomic E-state index is -1.30. The van der Waals surface area contributed by atoms with Crippen LogP contribution in [0.5, 0.6) is 0 Å². The first kappa shape index (κ1) is 32.9. The van der Waals surface area contributed by atoms with Gasteiger partial charge in [0.2, 0.25) is 5.91 Å². The number of carbonyl (C=O) groups excluding carboxylic acids is 3. The molecule has 0 aliphatic carbocycles. The van der Waals surface area contributed by atoms with Crippen LogP contribution >= 0.6 is 11.6 Å². The highest BCUT2D eigenvalue weighted by atomic mass is 35.5. The predicted molar refractivity (Wildman–Crippen MR) is 174 cm³/mol. The third-order valence-corrected chi connectivity index (χ3v) is 10.2. The lowest BCUT2D eigenvalue weighted by Gasteiger charge is -2.40. The van der Waals surface area contributed by atoms with Gasteiger partial charge in [-0.1, -0.05) is 73.1 Å². The van der Waals surface area contributed by atoms with Crippen molar-refractivity contribution in [3.63, 3.8) is 0 Å². The number of rotatable bonds is 14. The number of amides is 2. The number of halogens is 1. The maximum atomic E-state index is 15.1. The number of hydrogen-bond acceptors (Lipinski definition) is 6. The summed E-state index contributed by atoms with van der Waals surface area (Å²) in [5, 5.41) is 11.2. The smallest absolute Gasteiger partial charge is 0.312 e. The average molecular weight is 635 g/mol. The second-order valence-corrected chi connectivity index (χ2v) is 12.7. The van der Waals surface area contributed by atoms with Crippen molar-refractivity contribution in [3.05, 3.63) is 90.0 Å². The van der Waals surface area contributed by atoms with Gasteiger partial charge in [0.1, 0.15) is 17.6 Å². The second kappa shape index (κ2) is 13.5. The summed E-state index contributed by atoms with van der Waals surface area (Å²) in [6.07, 6.45) is 7.17. The number of carbonyl (C=O) groups is 3. The van der Waals surface area contributed by atoms with Gasteiger partial charge in [-0.25, -0.2) is 0 Å². The number of aliphatic hydroxyl groups is 1. The predicted octanol–water partition coefficient (Wildman–Crippen LogP) is 5.96. The largest absolute Gasteiger partial charge is 0.465 e. The first-order valence-electron chi connectivity index (χ1n) is 15.8. The van der Waals surface area contributed by atoms with E-state index in [1.165, 1.54) is 4.90 Å². The van der Waals surface area contributed by atoms with E-state index in [2.05, 4.69) is 13.2 Å². The lowest BCUT2D eigenvalue weighted by Crippen LogP contribution is -2.57. The zero-order valence-corrected chi connectivity index (χ0v) is 26.9. The number of allylic oxidation sites excluding steroid dienone is 1. The number of para-hydroxylation sites is 1. The number of nitrogens with zero attached hydrogens (tertiary/aromatic N) is 2. The number of hydrogen-bond donors (Lipinski definition) is 1. The maximum Gasteiger partial charge on any atom is 0.312 e. The minimum Gasteiger partial charge on any atom is -0.465 e. The molecule has 2 aromatic carbocycles. The summed E-state index contributed by atoms with van der Waals surface area (Å²) in [7, 11) is 0. The molecule has 0 aromatic heterocycles. The number of unbranched alkanes of at least 4 members (excludes halogenated alkanes) is 2. The third-order valence-electron chi connectivity index (χ3n) is 9.88. The summed E-state index contributed by atoms with van der Waals surface area (Å²) < 4.78 is 12.7. The van der Waals surface area contributed by atoms with Crippen LogP contribution in [0.2, 0.25) is 5.02 Å². The van der Waals surface area contributed by atoms with E-state index in [1.54, 1.807) is 17.0 Å². The monoisotopic (exact) mass is 634 g/mol. The SMILES string of the molecule is C=CCCCCOC(=O)[C@H]1[C@H]2C(=O)N([C@H](CO)c3ccccc3)C(C(=O)N(CC=C)c3c(C)cccc3Cl)C23CC[C@]1(CC)O3. The first-order valence-corrected chi connectivity index (χ1v) is 16.2. The highest BCUT2D eigenvalue weighted by Gasteiger charge is 2.79. The molecule has 3 heterocycles. The number of aliphatic hydroxyl groups excluding tert-OH is 1. The molecule has 0 saturated carbocycles. The van der Waals surface area contributed by atoms with E-state index in [0.717, 1.165) is 18.4 Å². The average Bonchev–Trinajstić information content (AvgIpc) is 3.65. The van der Waals surface area contributed by atoms with Crippen molar-refractivity contribution in [1.29, 1.82) is 0 Å². The number of ether oxygens (including phenoxy) is 2. The Bertz CT molecular complexity index is 1430. The summed E-state index contributed by atoms with van der Waals surface area (Å²) in [5.41, 5.74) is -0.261. The Morgan fingerprint density at radius 3 is 2.56 bits per heavy atom. The Labute approximate surface area is 270 Å². The van der Waals surface area contributed by atoms with Gasteiger partial charge in [0.05, 0.1) is 41.5 Å². The van der Waals surface area contributed by atoms with E-state index >= 15 is 4.79 Å². The molecule has 8 nitrogen and oxygen atoms in total. The number of likely N-dealkylation sites (tertiary alicyclic amines) is 1. The summed E-state index contributed by atoms with van der Waals surface area (Å²) in [4.78, 5) is 46.8. The summed E-state index contributed by atoms with van der Waals surface area (Å²) in [6, 6.07) is 12.6. The normalized spacial score (nSPS) is 27.2. The van der Waals surface area contributed by atoms with E-state index in [1.807, 2.05) is 62.4 Å². The Morgan fingerprint density at radius 1 is 1.16 bits per heavy atom. The van der Waals surface area contributed by atoms with Crippen molar-refractivity contribution in [2.75, 3.05) is 24.7 Å². The van der Waals surface area contributed by atoms with Gasteiger partial charge in [-0.05, 0) is 62.6 Å². The fraction of sp³-hybridized carbons (Fsp3) is 0.472. The molecule has 3 saturated heterocycles. The van der Waals surface area contributed by atoms with Crippen molar-refractivity contribution >= 4 is 35.1 Å². The minimum absolute atomic E-state index is 0.132. The molecule has 3 aliphatic heterocycles. The Hall–Kier alpha value is -3.46. The zero-order chi connectivity index (χ0) is 32.4. The van der Waals surface area contributed by atoms with Gasteiger partial charge in [0, 0.05) is 6.54 Å². The van der Waals surface area contributed by atoms with Crippen LogP contribution in [-0.2, 0) is 23.9 Å². The number of esters is 1. The van der Waals surface area contributed by atoms with Crippen LogP contribution in [0, 0.1) is 18.8 Å². The Balaban J connectivity index is 1.63. The number of aryl methyl sites for hydroxylation is 1. The molecule has 5 rings (SSSR count).